The van der Waals surface area contributed by atoms with Gasteiger partial charge in [-0.05, 0) is 44.4 Å². The zero-order valence-electron chi connectivity index (χ0n) is 13.0. The van der Waals surface area contributed by atoms with Gasteiger partial charge in [-0.1, -0.05) is 6.07 Å². The molecular weight excluding hydrogens is 276 g/mol. The van der Waals surface area contributed by atoms with Crippen molar-refractivity contribution in [2.24, 2.45) is 0 Å². The lowest BCUT2D eigenvalue weighted by atomic mass is 10.1. The lowest BCUT2D eigenvalue weighted by Crippen LogP contribution is -2.30. The maximum atomic E-state index is 11.6. The minimum absolute atomic E-state index is 0.0795. The summed E-state index contributed by atoms with van der Waals surface area (Å²) in [5.41, 5.74) is 9.77. The van der Waals surface area contributed by atoms with Crippen LogP contribution in [0.25, 0.3) is 11.3 Å². The molecular formula is C17H22N4O. The Labute approximate surface area is 130 Å². The van der Waals surface area contributed by atoms with Crippen molar-refractivity contribution in [2.75, 3.05) is 23.7 Å². The molecule has 0 aliphatic carbocycles. The van der Waals surface area contributed by atoms with Gasteiger partial charge in [-0.3, -0.25) is 4.79 Å². The number of piperidine rings is 1. The van der Waals surface area contributed by atoms with E-state index in [0.29, 0.717) is 6.54 Å². The highest BCUT2D eigenvalue weighted by atomic mass is 16.1. The highest BCUT2D eigenvalue weighted by Gasteiger charge is 2.14. The fourth-order valence-corrected chi connectivity index (χ4v) is 2.97. The number of hydrogen-bond donors (Lipinski definition) is 1. The van der Waals surface area contributed by atoms with Crippen molar-refractivity contribution in [3.05, 3.63) is 40.7 Å². The molecule has 0 atom stereocenters. The second-order valence-corrected chi connectivity index (χ2v) is 5.69. The highest BCUT2D eigenvalue weighted by molar-refractivity contribution is 5.75. The molecule has 2 aromatic rings. The molecule has 1 fully saturated rings. The predicted octanol–water partition coefficient (Wildman–Crippen LogP) is 2.50. The largest absolute Gasteiger partial charge is 0.397 e. The number of aryl methyl sites for hydroxylation is 1. The van der Waals surface area contributed by atoms with Crippen LogP contribution in [0.3, 0.4) is 0 Å². The van der Waals surface area contributed by atoms with Gasteiger partial charge in [0.15, 0.2) is 0 Å². The lowest BCUT2D eigenvalue weighted by Gasteiger charge is -2.30. The minimum Gasteiger partial charge on any atom is -0.397 e. The van der Waals surface area contributed by atoms with Gasteiger partial charge in [-0.25, -0.2) is 4.68 Å². The van der Waals surface area contributed by atoms with Gasteiger partial charge in [-0.15, -0.1) is 0 Å². The Morgan fingerprint density at radius 3 is 2.59 bits per heavy atom. The van der Waals surface area contributed by atoms with Crippen molar-refractivity contribution in [3.8, 4) is 11.3 Å². The van der Waals surface area contributed by atoms with Gasteiger partial charge in [0.25, 0.3) is 5.56 Å². The van der Waals surface area contributed by atoms with Gasteiger partial charge >= 0.3 is 0 Å². The van der Waals surface area contributed by atoms with E-state index < -0.39 is 0 Å². The van der Waals surface area contributed by atoms with Crippen LogP contribution < -0.4 is 16.2 Å². The molecule has 0 amide bonds. The SMILES string of the molecule is CCn1nc(-c2ccc(N3CCCCC3)c(N)c2)ccc1=O. The predicted molar refractivity (Wildman–Crippen MR) is 90.1 cm³/mol. The Kier molecular flexibility index (Phi) is 4.13. The number of aromatic nitrogens is 2. The van der Waals surface area contributed by atoms with Crippen LogP contribution in [-0.4, -0.2) is 22.9 Å². The summed E-state index contributed by atoms with van der Waals surface area (Å²) in [6, 6.07) is 9.37. The molecule has 22 heavy (non-hydrogen) atoms. The average Bonchev–Trinajstić information content (AvgIpc) is 2.56. The van der Waals surface area contributed by atoms with Crippen molar-refractivity contribution in [3.63, 3.8) is 0 Å². The zero-order valence-corrected chi connectivity index (χ0v) is 13.0. The average molecular weight is 298 g/mol. The van der Waals surface area contributed by atoms with Crippen LogP contribution in [0.5, 0.6) is 0 Å². The van der Waals surface area contributed by atoms with Crippen LogP contribution in [0.15, 0.2) is 35.1 Å². The van der Waals surface area contributed by atoms with Crippen LogP contribution in [0.4, 0.5) is 11.4 Å². The minimum atomic E-state index is -0.0795. The third-order valence-electron chi connectivity index (χ3n) is 4.19. The van der Waals surface area contributed by atoms with E-state index in [-0.39, 0.29) is 5.56 Å². The summed E-state index contributed by atoms with van der Waals surface area (Å²) in [7, 11) is 0. The summed E-state index contributed by atoms with van der Waals surface area (Å²) in [5.74, 6) is 0. The normalized spacial score (nSPS) is 15.0. The van der Waals surface area contributed by atoms with Gasteiger partial charge in [-0.2, -0.15) is 5.10 Å². The van der Waals surface area contributed by atoms with Crippen LogP contribution in [0.1, 0.15) is 26.2 Å². The zero-order chi connectivity index (χ0) is 15.5. The maximum absolute atomic E-state index is 11.6. The first-order valence-corrected chi connectivity index (χ1v) is 7.92. The van der Waals surface area contributed by atoms with Crippen molar-refractivity contribution in [1.82, 2.24) is 9.78 Å². The Hall–Kier alpha value is -2.30. The van der Waals surface area contributed by atoms with Crippen molar-refractivity contribution < 1.29 is 0 Å². The Balaban J connectivity index is 1.92. The summed E-state index contributed by atoms with van der Waals surface area (Å²) >= 11 is 0. The van der Waals surface area contributed by atoms with Crippen molar-refractivity contribution in [1.29, 1.82) is 0 Å². The number of nitrogens with two attached hydrogens (primary N) is 1. The van der Waals surface area contributed by atoms with Gasteiger partial charge in [0, 0.05) is 31.3 Å². The molecule has 0 saturated carbocycles. The summed E-state index contributed by atoms with van der Waals surface area (Å²) in [4.78, 5) is 14.0. The summed E-state index contributed by atoms with van der Waals surface area (Å²) < 4.78 is 1.46. The molecule has 2 heterocycles. The molecule has 1 aliphatic rings. The molecule has 0 bridgehead atoms. The molecule has 0 spiro atoms. The third-order valence-corrected chi connectivity index (χ3v) is 4.19. The molecule has 1 aromatic heterocycles. The van der Waals surface area contributed by atoms with E-state index in [4.69, 9.17) is 5.73 Å². The second-order valence-electron chi connectivity index (χ2n) is 5.69. The Morgan fingerprint density at radius 1 is 1.14 bits per heavy atom. The van der Waals surface area contributed by atoms with E-state index in [9.17, 15) is 4.79 Å². The van der Waals surface area contributed by atoms with E-state index in [1.807, 2.05) is 19.1 Å². The van der Waals surface area contributed by atoms with E-state index in [1.165, 1.54) is 23.9 Å². The number of nitrogens with zero attached hydrogens (tertiary/aromatic N) is 3. The topological polar surface area (TPSA) is 64.2 Å². The van der Waals surface area contributed by atoms with Crippen LogP contribution >= 0.6 is 0 Å². The van der Waals surface area contributed by atoms with E-state index in [2.05, 4.69) is 16.1 Å². The van der Waals surface area contributed by atoms with Crippen LogP contribution in [0, 0.1) is 0 Å². The molecule has 0 unspecified atom stereocenters. The maximum Gasteiger partial charge on any atom is 0.266 e. The number of benzene rings is 1. The molecule has 1 saturated heterocycles. The second kappa shape index (κ2) is 6.22. The number of nitrogen functional groups attached to an aromatic ring is 1. The number of anilines is 2. The fourth-order valence-electron chi connectivity index (χ4n) is 2.97. The first kappa shape index (κ1) is 14.6. The summed E-state index contributed by atoms with van der Waals surface area (Å²) in [5, 5.41) is 4.38. The molecule has 2 N–H and O–H groups in total. The quantitative estimate of drug-likeness (QED) is 0.884. The van der Waals surface area contributed by atoms with Crippen LogP contribution in [0.2, 0.25) is 0 Å². The molecule has 116 valence electrons. The molecule has 3 rings (SSSR count). The van der Waals surface area contributed by atoms with Crippen molar-refractivity contribution in [2.45, 2.75) is 32.7 Å². The molecule has 5 nitrogen and oxygen atoms in total. The molecule has 0 radical (unpaired) electrons. The number of hydrogen-bond acceptors (Lipinski definition) is 4. The lowest BCUT2D eigenvalue weighted by molar-refractivity contribution is 0.578. The Morgan fingerprint density at radius 2 is 1.91 bits per heavy atom. The summed E-state index contributed by atoms with van der Waals surface area (Å²) in [6.07, 6.45) is 3.76. The van der Waals surface area contributed by atoms with Gasteiger partial charge in [0.1, 0.15) is 0 Å². The monoisotopic (exact) mass is 298 g/mol. The number of rotatable bonds is 3. The van der Waals surface area contributed by atoms with Crippen molar-refractivity contribution >= 4 is 11.4 Å². The molecule has 1 aromatic carbocycles. The standard InChI is InChI=1S/C17H22N4O/c1-2-21-17(22)9-7-15(19-21)13-6-8-16(14(18)12-13)20-10-4-3-5-11-20/h6-9,12H,2-5,10-11,18H2,1H3. The fraction of sp³-hybridized carbons (Fsp3) is 0.412. The first-order valence-electron chi connectivity index (χ1n) is 7.92. The Bertz CT molecular complexity index is 717. The molecule has 1 aliphatic heterocycles. The van der Waals surface area contributed by atoms with E-state index in [0.717, 1.165) is 35.7 Å². The van der Waals surface area contributed by atoms with Gasteiger partial charge in [0.05, 0.1) is 17.1 Å². The van der Waals surface area contributed by atoms with Crippen LogP contribution in [-0.2, 0) is 6.54 Å². The van der Waals surface area contributed by atoms with E-state index >= 15 is 0 Å². The van der Waals surface area contributed by atoms with Gasteiger partial charge in [0.2, 0.25) is 0 Å². The smallest absolute Gasteiger partial charge is 0.266 e. The van der Waals surface area contributed by atoms with E-state index in [1.54, 1.807) is 12.1 Å². The third kappa shape index (κ3) is 2.84. The van der Waals surface area contributed by atoms with Gasteiger partial charge < -0.3 is 10.6 Å². The molecule has 5 heteroatoms. The summed E-state index contributed by atoms with van der Waals surface area (Å²) in [6.45, 7) is 4.62. The highest BCUT2D eigenvalue weighted by Crippen LogP contribution is 2.30. The first-order chi connectivity index (χ1) is 10.7.